The van der Waals surface area contributed by atoms with Gasteiger partial charge in [0.25, 0.3) is 5.91 Å². The summed E-state index contributed by atoms with van der Waals surface area (Å²) in [5, 5.41) is 3.28. The lowest BCUT2D eigenvalue weighted by Gasteiger charge is -2.42. The summed E-state index contributed by atoms with van der Waals surface area (Å²) in [5.74, 6) is 0.282. The van der Waals surface area contributed by atoms with E-state index in [0.717, 1.165) is 25.9 Å². The standard InChI is InChI=1S/C21H31N3O3/c1-27-21(10-12-22-13-11-21)20(26)24-16-14-23(15-17-24)19(25)9-5-8-18-6-3-2-4-7-18/h2-4,6-7,22H,5,8-17H2,1H3. The molecular weight excluding hydrogens is 342 g/mol. The average Bonchev–Trinajstić information content (AvgIpc) is 2.74. The van der Waals surface area contributed by atoms with Crippen LogP contribution in [0.15, 0.2) is 30.3 Å². The Labute approximate surface area is 161 Å². The van der Waals surface area contributed by atoms with E-state index < -0.39 is 5.60 Å². The number of hydrogen-bond donors (Lipinski definition) is 1. The maximum atomic E-state index is 13.0. The Kier molecular flexibility index (Phi) is 6.85. The molecule has 6 heteroatoms. The van der Waals surface area contributed by atoms with Crippen molar-refractivity contribution in [3.05, 3.63) is 35.9 Å². The molecule has 0 radical (unpaired) electrons. The minimum Gasteiger partial charge on any atom is -0.368 e. The van der Waals surface area contributed by atoms with E-state index in [4.69, 9.17) is 4.74 Å². The Morgan fingerprint density at radius 2 is 1.67 bits per heavy atom. The number of piperazine rings is 1. The summed E-state index contributed by atoms with van der Waals surface area (Å²) in [7, 11) is 1.63. The fraction of sp³-hybridized carbons (Fsp3) is 0.619. The first-order chi connectivity index (χ1) is 13.1. The van der Waals surface area contributed by atoms with Crippen LogP contribution in [0.25, 0.3) is 0 Å². The molecule has 2 heterocycles. The first kappa shape index (κ1) is 19.8. The van der Waals surface area contributed by atoms with Gasteiger partial charge in [0, 0.05) is 39.7 Å². The van der Waals surface area contributed by atoms with Gasteiger partial charge in [-0.3, -0.25) is 9.59 Å². The molecular formula is C21H31N3O3. The molecule has 1 aromatic rings. The highest BCUT2D eigenvalue weighted by atomic mass is 16.5. The van der Waals surface area contributed by atoms with Crippen LogP contribution < -0.4 is 5.32 Å². The molecule has 6 nitrogen and oxygen atoms in total. The Hall–Kier alpha value is -1.92. The molecule has 0 spiro atoms. The normalized spacial score (nSPS) is 19.7. The Morgan fingerprint density at radius 1 is 1.04 bits per heavy atom. The van der Waals surface area contributed by atoms with Gasteiger partial charge in [-0.1, -0.05) is 30.3 Å². The van der Waals surface area contributed by atoms with Gasteiger partial charge >= 0.3 is 0 Å². The second kappa shape index (κ2) is 9.33. The minimum absolute atomic E-state index is 0.0858. The molecule has 2 amide bonds. The summed E-state index contributed by atoms with van der Waals surface area (Å²) in [6.45, 7) is 4.05. The van der Waals surface area contributed by atoms with E-state index in [1.807, 2.05) is 28.0 Å². The van der Waals surface area contributed by atoms with E-state index in [2.05, 4.69) is 17.4 Å². The van der Waals surface area contributed by atoms with Gasteiger partial charge in [-0.2, -0.15) is 0 Å². The van der Waals surface area contributed by atoms with Gasteiger partial charge in [-0.05, 0) is 44.3 Å². The topological polar surface area (TPSA) is 61.9 Å². The van der Waals surface area contributed by atoms with Crippen LogP contribution in [0, 0.1) is 0 Å². The smallest absolute Gasteiger partial charge is 0.255 e. The van der Waals surface area contributed by atoms with Crippen molar-refractivity contribution in [3.63, 3.8) is 0 Å². The molecule has 0 aromatic heterocycles. The Morgan fingerprint density at radius 3 is 2.30 bits per heavy atom. The molecule has 0 bridgehead atoms. The fourth-order valence-electron chi connectivity index (χ4n) is 4.03. The molecule has 1 aromatic carbocycles. The Balaban J connectivity index is 1.44. The van der Waals surface area contributed by atoms with Crippen molar-refractivity contribution in [1.82, 2.24) is 15.1 Å². The van der Waals surface area contributed by atoms with Crippen LogP contribution in [0.1, 0.15) is 31.2 Å². The molecule has 2 aliphatic rings. The number of nitrogens with zero attached hydrogens (tertiary/aromatic N) is 2. The highest BCUT2D eigenvalue weighted by molar-refractivity contribution is 5.86. The molecule has 148 valence electrons. The third kappa shape index (κ3) is 4.87. The van der Waals surface area contributed by atoms with Gasteiger partial charge in [-0.15, -0.1) is 0 Å². The first-order valence-corrected chi connectivity index (χ1v) is 10.0. The van der Waals surface area contributed by atoms with Gasteiger partial charge < -0.3 is 19.9 Å². The van der Waals surface area contributed by atoms with E-state index >= 15 is 0 Å². The maximum absolute atomic E-state index is 13.0. The predicted octanol–water partition coefficient (Wildman–Crippen LogP) is 1.45. The number of piperidine rings is 1. The van der Waals surface area contributed by atoms with E-state index in [1.54, 1.807) is 7.11 Å². The zero-order valence-electron chi connectivity index (χ0n) is 16.3. The van der Waals surface area contributed by atoms with Crippen LogP contribution in [0.4, 0.5) is 0 Å². The number of carbonyl (C=O) groups excluding carboxylic acids is 2. The monoisotopic (exact) mass is 373 g/mol. The molecule has 3 rings (SSSR count). The lowest BCUT2D eigenvalue weighted by molar-refractivity contribution is -0.161. The minimum atomic E-state index is -0.687. The van der Waals surface area contributed by atoms with Crippen LogP contribution in [-0.2, 0) is 20.7 Å². The first-order valence-electron chi connectivity index (χ1n) is 10.0. The molecule has 0 atom stereocenters. The summed E-state index contributed by atoms with van der Waals surface area (Å²) in [5.41, 5.74) is 0.583. The van der Waals surface area contributed by atoms with Crippen molar-refractivity contribution in [2.24, 2.45) is 0 Å². The maximum Gasteiger partial charge on any atom is 0.255 e. The summed E-state index contributed by atoms with van der Waals surface area (Å²) >= 11 is 0. The molecule has 2 fully saturated rings. The summed E-state index contributed by atoms with van der Waals surface area (Å²) < 4.78 is 5.65. The van der Waals surface area contributed by atoms with E-state index in [0.29, 0.717) is 45.4 Å². The Bertz CT molecular complexity index is 621. The molecule has 0 saturated carbocycles. The number of aryl methyl sites for hydroxylation is 1. The van der Waals surface area contributed by atoms with E-state index in [1.165, 1.54) is 5.56 Å². The second-order valence-corrected chi connectivity index (χ2v) is 7.46. The number of nitrogens with one attached hydrogen (secondary N) is 1. The number of ether oxygens (including phenoxy) is 1. The number of amides is 2. The molecule has 2 aliphatic heterocycles. The van der Waals surface area contributed by atoms with Crippen molar-refractivity contribution in [1.29, 1.82) is 0 Å². The number of methoxy groups -OCH3 is 1. The third-order valence-corrected chi connectivity index (χ3v) is 5.81. The largest absolute Gasteiger partial charge is 0.368 e. The van der Waals surface area contributed by atoms with E-state index in [9.17, 15) is 9.59 Å². The van der Waals surface area contributed by atoms with Crippen molar-refractivity contribution in [2.45, 2.75) is 37.7 Å². The van der Waals surface area contributed by atoms with Gasteiger partial charge in [0.1, 0.15) is 5.60 Å². The second-order valence-electron chi connectivity index (χ2n) is 7.46. The predicted molar refractivity (Wildman–Crippen MR) is 104 cm³/mol. The number of hydrogen-bond acceptors (Lipinski definition) is 4. The number of rotatable bonds is 6. The van der Waals surface area contributed by atoms with Gasteiger partial charge in [0.2, 0.25) is 5.91 Å². The lowest BCUT2D eigenvalue weighted by Crippen LogP contribution is -2.59. The summed E-state index contributed by atoms with van der Waals surface area (Å²) in [6.07, 6.45) is 3.77. The summed E-state index contributed by atoms with van der Waals surface area (Å²) in [4.78, 5) is 29.2. The molecule has 0 unspecified atom stereocenters. The molecule has 1 N–H and O–H groups in total. The molecule has 2 saturated heterocycles. The zero-order chi connectivity index (χ0) is 19.1. The van der Waals surface area contributed by atoms with Gasteiger partial charge in [0.15, 0.2) is 0 Å². The van der Waals surface area contributed by atoms with Crippen LogP contribution in [-0.4, -0.2) is 73.6 Å². The quantitative estimate of drug-likeness (QED) is 0.820. The van der Waals surface area contributed by atoms with Crippen molar-refractivity contribution >= 4 is 11.8 Å². The van der Waals surface area contributed by atoms with Crippen LogP contribution in [0.3, 0.4) is 0 Å². The van der Waals surface area contributed by atoms with Crippen molar-refractivity contribution < 1.29 is 14.3 Å². The third-order valence-electron chi connectivity index (χ3n) is 5.81. The zero-order valence-corrected chi connectivity index (χ0v) is 16.3. The van der Waals surface area contributed by atoms with Crippen LogP contribution in [0.5, 0.6) is 0 Å². The van der Waals surface area contributed by atoms with Crippen LogP contribution >= 0.6 is 0 Å². The van der Waals surface area contributed by atoms with Gasteiger partial charge in [-0.25, -0.2) is 0 Å². The number of carbonyl (C=O) groups is 2. The fourth-order valence-corrected chi connectivity index (χ4v) is 4.03. The lowest BCUT2D eigenvalue weighted by atomic mass is 9.90. The SMILES string of the molecule is COC1(C(=O)N2CCN(C(=O)CCCc3ccccc3)CC2)CCNCC1. The number of benzene rings is 1. The highest BCUT2D eigenvalue weighted by Crippen LogP contribution is 2.26. The van der Waals surface area contributed by atoms with Crippen molar-refractivity contribution in [3.8, 4) is 0 Å². The van der Waals surface area contributed by atoms with Crippen molar-refractivity contribution in [2.75, 3.05) is 46.4 Å². The van der Waals surface area contributed by atoms with E-state index in [-0.39, 0.29) is 11.8 Å². The molecule has 27 heavy (non-hydrogen) atoms. The summed E-state index contributed by atoms with van der Waals surface area (Å²) in [6, 6.07) is 10.3. The van der Waals surface area contributed by atoms with Gasteiger partial charge in [0.05, 0.1) is 0 Å². The highest BCUT2D eigenvalue weighted by Gasteiger charge is 2.43. The molecule has 0 aliphatic carbocycles. The average molecular weight is 373 g/mol. The van der Waals surface area contributed by atoms with Crippen LogP contribution in [0.2, 0.25) is 0 Å².